The van der Waals surface area contributed by atoms with Crippen LogP contribution in [0.5, 0.6) is 5.75 Å². The normalized spacial score (nSPS) is 14.7. The Labute approximate surface area is 157 Å². The van der Waals surface area contributed by atoms with Crippen LogP contribution in [0.3, 0.4) is 0 Å². The zero-order chi connectivity index (χ0) is 18.7. The summed E-state index contributed by atoms with van der Waals surface area (Å²) in [5.41, 5.74) is 2.97. The molecule has 2 aromatic carbocycles. The molecule has 0 fully saturated rings. The summed E-state index contributed by atoms with van der Waals surface area (Å²) >= 11 is 6.14. The smallest absolute Gasteiger partial charge is 0.336 e. The highest BCUT2D eigenvalue weighted by molar-refractivity contribution is 6.30. The molecule has 1 aliphatic rings. The largest absolute Gasteiger partial charge is 0.490 e. The average Bonchev–Trinajstić information content (AvgIpc) is 2.60. The maximum Gasteiger partial charge on any atom is 0.336 e. The van der Waals surface area contributed by atoms with E-state index >= 15 is 0 Å². The Kier molecular flexibility index (Phi) is 5.67. The van der Waals surface area contributed by atoms with E-state index in [-0.39, 0.29) is 6.61 Å². The number of fused-ring (bicyclic) bond motifs is 1. The topological polar surface area (TPSA) is 49.8 Å². The SMILES string of the molecule is CC(F)COc1ccc(Cl)cc1CN1CCCc2c(C(=O)O)cccc21. The zero-order valence-electron chi connectivity index (χ0n) is 14.5. The fourth-order valence-electron chi connectivity index (χ4n) is 3.29. The fourth-order valence-corrected chi connectivity index (χ4v) is 3.48. The van der Waals surface area contributed by atoms with Gasteiger partial charge in [0.2, 0.25) is 0 Å². The van der Waals surface area contributed by atoms with Gasteiger partial charge in [-0.25, -0.2) is 9.18 Å². The molecule has 2 aromatic rings. The highest BCUT2D eigenvalue weighted by Gasteiger charge is 2.23. The van der Waals surface area contributed by atoms with E-state index in [1.54, 1.807) is 24.3 Å². The maximum absolute atomic E-state index is 13.2. The number of carboxylic acids is 1. The molecule has 26 heavy (non-hydrogen) atoms. The van der Waals surface area contributed by atoms with Crippen molar-refractivity contribution in [2.75, 3.05) is 18.1 Å². The van der Waals surface area contributed by atoms with Crippen LogP contribution in [-0.2, 0) is 13.0 Å². The summed E-state index contributed by atoms with van der Waals surface area (Å²) in [5, 5.41) is 10.0. The number of ether oxygens (including phenoxy) is 1. The highest BCUT2D eigenvalue weighted by Crippen LogP contribution is 2.33. The molecule has 0 spiro atoms. The summed E-state index contributed by atoms with van der Waals surface area (Å²) in [7, 11) is 0. The summed E-state index contributed by atoms with van der Waals surface area (Å²) in [6.07, 6.45) is 0.551. The molecule has 0 amide bonds. The molecule has 0 bridgehead atoms. The van der Waals surface area contributed by atoms with Crippen LogP contribution in [0.15, 0.2) is 36.4 Å². The van der Waals surface area contributed by atoms with Gasteiger partial charge in [-0.05, 0) is 55.7 Å². The lowest BCUT2D eigenvalue weighted by molar-refractivity contribution is 0.0695. The summed E-state index contributed by atoms with van der Waals surface area (Å²) in [5.74, 6) is -0.312. The Morgan fingerprint density at radius 3 is 2.92 bits per heavy atom. The van der Waals surface area contributed by atoms with Gasteiger partial charge in [0.05, 0.1) is 5.56 Å². The number of hydrogen-bond donors (Lipinski definition) is 1. The van der Waals surface area contributed by atoms with Crippen LogP contribution in [0.2, 0.25) is 5.02 Å². The molecule has 1 N–H and O–H groups in total. The summed E-state index contributed by atoms with van der Waals surface area (Å²) < 4.78 is 18.7. The predicted molar refractivity (Wildman–Crippen MR) is 100 cm³/mol. The fraction of sp³-hybridized carbons (Fsp3) is 0.350. The van der Waals surface area contributed by atoms with Gasteiger partial charge in [-0.3, -0.25) is 0 Å². The monoisotopic (exact) mass is 377 g/mol. The van der Waals surface area contributed by atoms with Gasteiger partial charge in [-0.15, -0.1) is 0 Å². The Hall–Kier alpha value is -2.27. The second-order valence-electron chi connectivity index (χ2n) is 6.48. The van der Waals surface area contributed by atoms with Crippen molar-refractivity contribution in [1.82, 2.24) is 0 Å². The molecule has 0 radical (unpaired) electrons. The maximum atomic E-state index is 13.2. The van der Waals surface area contributed by atoms with Gasteiger partial charge in [0.25, 0.3) is 0 Å². The predicted octanol–water partition coefficient (Wildman–Crippen LogP) is 4.73. The van der Waals surface area contributed by atoms with Crippen molar-refractivity contribution < 1.29 is 19.0 Å². The van der Waals surface area contributed by atoms with E-state index in [4.69, 9.17) is 16.3 Å². The summed E-state index contributed by atoms with van der Waals surface area (Å²) in [6, 6.07) is 10.6. The number of hydrogen-bond acceptors (Lipinski definition) is 3. The number of halogens is 2. The van der Waals surface area contributed by atoms with E-state index in [1.165, 1.54) is 6.92 Å². The number of alkyl halides is 1. The van der Waals surface area contributed by atoms with Crippen molar-refractivity contribution in [3.05, 3.63) is 58.1 Å². The van der Waals surface area contributed by atoms with Crippen molar-refractivity contribution in [2.24, 2.45) is 0 Å². The van der Waals surface area contributed by atoms with E-state index in [2.05, 4.69) is 4.90 Å². The van der Waals surface area contributed by atoms with Gasteiger partial charge in [0, 0.05) is 29.4 Å². The zero-order valence-corrected chi connectivity index (χ0v) is 15.3. The van der Waals surface area contributed by atoms with E-state index in [0.717, 1.165) is 36.2 Å². The Morgan fingerprint density at radius 2 is 2.19 bits per heavy atom. The molecule has 0 saturated heterocycles. The second kappa shape index (κ2) is 7.96. The quantitative estimate of drug-likeness (QED) is 0.790. The lowest BCUT2D eigenvalue weighted by atomic mass is 9.96. The van der Waals surface area contributed by atoms with E-state index < -0.39 is 12.1 Å². The molecule has 0 aliphatic carbocycles. The number of carbonyl (C=O) groups is 1. The average molecular weight is 378 g/mol. The van der Waals surface area contributed by atoms with Gasteiger partial charge in [0.1, 0.15) is 18.5 Å². The highest BCUT2D eigenvalue weighted by atomic mass is 35.5. The van der Waals surface area contributed by atoms with Crippen LogP contribution < -0.4 is 9.64 Å². The molecule has 1 aliphatic heterocycles. The minimum Gasteiger partial charge on any atom is -0.490 e. The molecule has 1 unspecified atom stereocenters. The van der Waals surface area contributed by atoms with E-state index in [1.807, 2.05) is 12.1 Å². The third-order valence-electron chi connectivity index (χ3n) is 4.43. The number of carboxylic acid groups (broad SMARTS) is 1. The van der Waals surface area contributed by atoms with Gasteiger partial charge in [-0.1, -0.05) is 17.7 Å². The number of nitrogens with zero attached hydrogens (tertiary/aromatic N) is 1. The molecule has 4 nitrogen and oxygen atoms in total. The van der Waals surface area contributed by atoms with Gasteiger partial charge in [-0.2, -0.15) is 0 Å². The van der Waals surface area contributed by atoms with E-state index in [0.29, 0.717) is 22.9 Å². The first-order valence-corrected chi connectivity index (χ1v) is 8.99. The molecular formula is C20H21ClFNO3. The Bertz CT molecular complexity index is 810. The number of benzene rings is 2. The molecule has 1 atom stereocenters. The number of anilines is 1. The van der Waals surface area contributed by atoms with Crippen LogP contribution in [-0.4, -0.2) is 30.4 Å². The lowest BCUT2D eigenvalue weighted by Crippen LogP contribution is -2.30. The van der Waals surface area contributed by atoms with Crippen molar-refractivity contribution in [1.29, 1.82) is 0 Å². The van der Waals surface area contributed by atoms with Crippen LogP contribution in [0, 0.1) is 0 Å². The molecule has 6 heteroatoms. The molecule has 0 saturated carbocycles. The number of rotatable bonds is 6. The summed E-state index contributed by atoms with van der Waals surface area (Å²) in [6.45, 7) is 2.76. The van der Waals surface area contributed by atoms with Crippen molar-refractivity contribution in [3.8, 4) is 5.75 Å². The third kappa shape index (κ3) is 4.10. The van der Waals surface area contributed by atoms with Crippen molar-refractivity contribution in [3.63, 3.8) is 0 Å². The molecule has 138 valence electrons. The van der Waals surface area contributed by atoms with Crippen molar-refractivity contribution >= 4 is 23.3 Å². The first kappa shape index (κ1) is 18.5. The Balaban J connectivity index is 1.90. The van der Waals surface area contributed by atoms with Gasteiger partial charge < -0.3 is 14.7 Å². The first-order chi connectivity index (χ1) is 12.5. The minimum atomic E-state index is -1.06. The second-order valence-corrected chi connectivity index (χ2v) is 6.91. The molecule has 3 rings (SSSR count). The van der Waals surface area contributed by atoms with E-state index in [9.17, 15) is 14.3 Å². The lowest BCUT2D eigenvalue weighted by Gasteiger charge is -2.32. The summed E-state index contributed by atoms with van der Waals surface area (Å²) in [4.78, 5) is 13.6. The van der Waals surface area contributed by atoms with Crippen LogP contribution in [0.4, 0.5) is 10.1 Å². The Morgan fingerprint density at radius 1 is 1.38 bits per heavy atom. The number of aromatic carboxylic acids is 1. The van der Waals surface area contributed by atoms with Crippen LogP contribution in [0.1, 0.15) is 34.8 Å². The molecule has 1 heterocycles. The third-order valence-corrected chi connectivity index (χ3v) is 4.66. The van der Waals surface area contributed by atoms with Crippen LogP contribution >= 0.6 is 11.6 Å². The van der Waals surface area contributed by atoms with Crippen LogP contribution in [0.25, 0.3) is 0 Å². The van der Waals surface area contributed by atoms with Gasteiger partial charge in [0.15, 0.2) is 0 Å². The molecular weight excluding hydrogens is 357 g/mol. The molecule has 0 aromatic heterocycles. The minimum absolute atomic E-state index is 0.0195. The standard InChI is InChI=1S/C20H21ClFNO3/c1-13(22)12-26-19-8-7-15(21)10-14(19)11-23-9-3-5-16-17(20(24)25)4-2-6-18(16)23/h2,4,6-8,10,13H,3,5,9,11-12H2,1H3,(H,24,25). The van der Waals surface area contributed by atoms with Crippen molar-refractivity contribution in [2.45, 2.75) is 32.5 Å². The van der Waals surface area contributed by atoms with Gasteiger partial charge >= 0.3 is 5.97 Å². The first-order valence-electron chi connectivity index (χ1n) is 8.61.